The highest BCUT2D eigenvalue weighted by atomic mass is 19.1. The lowest BCUT2D eigenvalue weighted by molar-refractivity contribution is -0.115. The average molecular weight is 324 g/mol. The van der Waals surface area contributed by atoms with Crippen LogP contribution in [0.15, 0.2) is 59.2 Å². The first kappa shape index (κ1) is 15.9. The Balaban J connectivity index is 1.78. The monoisotopic (exact) mass is 324 g/mol. The van der Waals surface area contributed by atoms with E-state index in [2.05, 4.69) is 10.3 Å². The number of aliphatic imine (C=N–C) groups is 1. The molecule has 0 saturated carbocycles. The first-order chi connectivity index (χ1) is 11.7. The van der Waals surface area contributed by atoms with Crippen molar-refractivity contribution in [2.75, 3.05) is 7.11 Å². The van der Waals surface area contributed by atoms with E-state index in [0.29, 0.717) is 23.6 Å². The highest BCUT2D eigenvalue weighted by Gasteiger charge is 2.20. The van der Waals surface area contributed by atoms with Crippen molar-refractivity contribution in [3.63, 3.8) is 0 Å². The third-order valence-corrected chi connectivity index (χ3v) is 3.72. The maximum Gasteiger partial charge on any atom is 0.275 e. The number of nitrogens with zero attached hydrogens (tertiary/aromatic N) is 1. The zero-order valence-electron chi connectivity index (χ0n) is 13.3. The van der Waals surface area contributed by atoms with Crippen LogP contribution in [0.4, 0.5) is 4.39 Å². The summed E-state index contributed by atoms with van der Waals surface area (Å²) in [6.45, 7) is 0. The Bertz CT molecular complexity index is 813. The molecule has 24 heavy (non-hydrogen) atoms. The van der Waals surface area contributed by atoms with Crippen LogP contribution in [0.5, 0.6) is 5.75 Å². The number of rotatable bonds is 5. The topological polar surface area (TPSA) is 50.7 Å². The standard InChI is InChI=1S/C19H17FN2O2/c1-24-17-9-8-15(20)11-14(17)12-16-19(23)22-18(21-16)10-7-13-5-3-2-4-6-13/h2-6,8-9,11-12H,7,10H2,1H3,(H,21,22,23)/b16-12+. The van der Waals surface area contributed by atoms with Crippen LogP contribution in [0.2, 0.25) is 0 Å². The number of ether oxygens (including phenoxy) is 1. The Morgan fingerprint density at radius 1 is 1.17 bits per heavy atom. The summed E-state index contributed by atoms with van der Waals surface area (Å²) < 4.78 is 18.6. The number of hydrogen-bond donors (Lipinski definition) is 1. The summed E-state index contributed by atoms with van der Waals surface area (Å²) in [4.78, 5) is 16.4. The number of amides is 1. The second-order valence-corrected chi connectivity index (χ2v) is 5.41. The molecule has 0 aliphatic carbocycles. The van der Waals surface area contributed by atoms with Gasteiger partial charge in [0.05, 0.1) is 7.11 Å². The van der Waals surface area contributed by atoms with Gasteiger partial charge in [0, 0.05) is 12.0 Å². The molecule has 1 amide bonds. The summed E-state index contributed by atoms with van der Waals surface area (Å²) in [6, 6.07) is 14.1. The third-order valence-electron chi connectivity index (χ3n) is 3.72. The van der Waals surface area contributed by atoms with Crippen molar-refractivity contribution in [1.29, 1.82) is 0 Å². The van der Waals surface area contributed by atoms with Gasteiger partial charge in [0.2, 0.25) is 0 Å². The van der Waals surface area contributed by atoms with Crippen LogP contribution in [-0.2, 0) is 11.2 Å². The number of hydrogen-bond acceptors (Lipinski definition) is 3. The molecule has 2 aromatic carbocycles. The van der Waals surface area contributed by atoms with E-state index in [1.807, 2.05) is 30.3 Å². The Labute approximate surface area is 139 Å². The summed E-state index contributed by atoms with van der Waals surface area (Å²) >= 11 is 0. The number of methoxy groups -OCH3 is 1. The molecule has 1 aliphatic rings. The van der Waals surface area contributed by atoms with Crippen molar-refractivity contribution in [3.8, 4) is 5.75 Å². The van der Waals surface area contributed by atoms with E-state index in [-0.39, 0.29) is 11.6 Å². The van der Waals surface area contributed by atoms with Crippen molar-refractivity contribution >= 4 is 17.8 Å². The molecule has 2 aromatic rings. The summed E-state index contributed by atoms with van der Waals surface area (Å²) in [5, 5.41) is 2.75. The summed E-state index contributed by atoms with van der Waals surface area (Å²) in [5.74, 6) is 0.425. The van der Waals surface area contributed by atoms with Gasteiger partial charge in [0.1, 0.15) is 23.1 Å². The van der Waals surface area contributed by atoms with Gasteiger partial charge in [-0.05, 0) is 36.3 Å². The lowest BCUT2D eigenvalue weighted by Crippen LogP contribution is -2.24. The molecule has 3 rings (SSSR count). The molecule has 0 fully saturated rings. The fourth-order valence-electron chi connectivity index (χ4n) is 2.51. The van der Waals surface area contributed by atoms with Gasteiger partial charge in [-0.15, -0.1) is 0 Å². The van der Waals surface area contributed by atoms with Crippen LogP contribution in [-0.4, -0.2) is 18.9 Å². The zero-order chi connectivity index (χ0) is 16.9. The minimum absolute atomic E-state index is 0.252. The first-order valence-corrected chi connectivity index (χ1v) is 7.64. The third kappa shape index (κ3) is 3.68. The molecule has 0 spiro atoms. The molecule has 122 valence electrons. The molecule has 0 bridgehead atoms. The molecule has 5 heteroatoms. The molecule has 1 N–H and O–H groups in total. The average Bonchev–Trinajstić information content (AvgIpc) is 2.94. The highest BCUT2D eigenvalue weighted by Crippen LogP contribution is 2.23. The molecular weight excluding hydrogens is 307 g/mol. The molecule has 0 aromatic heterocycles. The van der Waals surface area contributed by atoms with E-state index in [9.17, 15) is 9.18 Å². The van der Waals surface area contributed by atoms with E-state index < -0.39 is 5.82 Å². The fourth-order valence-corrected chi connectivity index (χ4v) is 2.51. The molecular formula is C19H17FN2O2. The number of benzene rings is 2. The van der Waals surface area contributed by atoms with Gasteiger partial charge >= 0.3 is 0 Å². The van der Waals surface area contributed by atoms with Gasteiger partial charge in [-0.3, -0.25) is 4.79 Å². The van der Waals surface area contributed by atoms with Crippen molar-refractivity contribution in [3.05, 3.63) is 71.2 Å². The van der Waals surface area contributed by atoms with Crippen molar-refractivity contribution < 1.29 is 13.9 Å². The zero-order valence-corrected chi connectivity index (χ0v) is 13.3. The number of aryl methyl sites for hydroxylation is 1. The van der Waals surface area contributed by atoms with Crippen LogP contribution in [0.25, 0.3) is 6.08 Å². The van der Waals surface area contributed by atoms with E-state index >= 15 is 0 Å². The smallest absolute Gasteiger partial charge is 0.275 e. The largest absolute Gasteiger partial charge is 0.496 e. The fraction of sp³-hybridized carbons (Fsp3) is 0.158. The van der Waals surface area contributed by atoms with Gasteiger partial charge in [0.25, 0.3) is 5.91 Å². The van der Waals surface area contributed by atoms with Crippen LogP contribution in [0.1, 0.15) is 17.5 Å². The summed E-state index contributed by atoms with van der Waals surface area (Å²) in [6.07, 6.45) is 2.96. The number of halogens is 1. The normalized spacial score (nSPS) is 15.3. The Morgan fingerprint density at radius 2 is 1.96 bits per heavy atom. The maximum atomic E-state index is 13.4. The Morgan fingerprint density at radius 3 is 2.71 bits per heavy atom. The lowest BCUT2D eigenvalue weighted by atomic mass is 10.1. The van der Waals surface area contributed by atoms with Gasteiger partial charge in [0.15, 0.2) is 0 Å². The molecule has 0 radical (unpaired) electrons. The second kappa shape index (κ2) is 7.08. The molecule has 1 aliphatic heterocycles. The van der Waals surface area contributed by atoms with Gasteiger partial charge < -0.3 is 10.1 Å². The van der Waals surface area contributed by atoms with E-state index in [1.165, 1.54) is 36.9 Å². The van der Waals surface area contributed by atoms with Gasteiger partial charge in [-0.2, -0.15) is 0 Å². The number of carbonyl (C=O) groups is 1. The maximum absolute atomic E-state index is 13.4. The summed E-state index contributed by atoms with van der Waals surface area (Å²) in [5.41, 5.74) is 1.91. The van der Waals surface area contributed by atoms with E-state index in [0.717, 1.165) is 6.42 Å². The van der Waals surface area contributed by atoms with Crippen LogP contribution in [0, 0.1) is 5.82 Å². The van der Waals surface area contributed by atoms with E-state index in [1.54, 1.807) is 0 Å². The number of amidine groups is 1. The SMILES string of the molecule is COc1ccc(F)cc1/C=C1/N=C(CCc2ccccc2)NC1=O. The summed E-state index contributed by atoms with van der Waals surface area (Å²) in [7, 11) is 1.50. The quantitative estimate of drug-likeness (QED) is 0.858. The van der Waals surface area contributed by atoms with E-state index in [4.69, 9.17) is 4.74 Å². The van der Waals surface area contributed by atoms with Crippen molar-refractivity contribution in [2.24, 2.45) is 4.99 Å². The highest BCUT2D eigenvalue weighted by molar-refractivity contribution is 6.14. The van der Waals surface area contributed by atoms with Crippen molar-refractivity contribution in [2.45, 2.75) is 12.8 Å². The molecule has 4 nitrogen and oxygen atoms in total. The molecule has 0 saturated heterocycles. The molecule has 0 atom stereocenters. The molecule has 0 unspecified atom stereocenters. The molecule has 1 heterocycles. The van der Waals surface area contributed by atoms with Crippen LogP contribution < -0.4 is 10.1 Å². The Kier molecular flexibility index (Phi) is 4.70. The van der Waals surface area contributed by atoms with Crippen LogP contribution in [0.3, 0.4) is 0 Å². The number of carbonyl (C=O) groups excluding carboxylic acids is 1. The first-order valence-electron chi connectivity index (χ1n) is 7.64. The minimum Gasteiger partial charge on any atom is -0.496 e. The van der Waals surface area contributed by atoms with Crippen molar-refractivity contribution in [1.82, 2.24) is 5.32 Å². The predicted octanol–water partition coefficient (Wildman–Crippen LogP) is 3.34. The minimum atomic E-state index is -0.394. The lowest BCUT2D eigenvalue weighted by Gasteiger charge is -2.04. The predicted molar refractivity (Wildman–Crippen MR) is 91.3 cm³/mol. The Hall–Kier alpha value is -2.95. The second-order valence-electron chi connectivity index (χ2n) is 5.41. The van der Waals surface area contributed by atoms with Gasteiger partial charge in [-0.1, -0.05) is 30.3 Å². The number of nitrogens with one attached hydrogen (secondary N) is 1. The van der Waals surface area contributed by atoms with Gasteiger partial charge in [-0.25, -0.2) is 9.38 Å². The van der Waals surface area contributed by atoms with Crippen LogP contribution >= 0.6 is 0 Å².